The van der Waals surface area contributed by atoms with Crippen LogP contribution in [0.15, 0.2) is 70.4 Å². The summed E-state index contributed by atoms with van der Waals surface area (Å²) in [6, 6.07) is 0. The molecular weight excluding hydrogens is 376 g/mol. The van der Waals surface area contributed by atoms with Crippen molar-refractivity contribution in [1.82, 2.24) is 0 Å². The molecule has 0 aliphatic heterocycles. The lowest BCUT2D eigenvalue weighted by Gasteiger charge is -2.15. The van der Waals surface area contributed by atoms with Gasteiger partial charge in [-0.1, -0.05) is 70.4 Å². The molecule has 1 heteroatoms. The number of hydrogen-bond acceptors (Lipinski definition) is 1. The molecule has 0 rings (SSSR count). The van der Waals surface area contributed by atoms with Crippen LogP contribution in [0.3, 0.4) is 0 Å². The zero-order valence-electron chi connectivity index (χ0n) is 21.7. The summed E-state index contributed by atoms with van der Waals surface area (Å²) in [5, 5.41) is 9.83. The summed E-state index contributed by atoms with van der Waals surface area (Å²) in [7, 11) is 0. The Morgan fingerprint density at radius 3 is 1.42 bits per heavy atom. The van der Waals surface area contributed by atoms with Crippen molar-refractivity contribution in [2.75, 3.05) is 6.61 Å². The Balaban J connectivity index is 4.36. The molecule has 1 N–H and O–H groups in total. The minimum Gasteiger partial charge on any atom is -0.396 e. The highest BCUT2D eigenvalue weighted by molar-refractivity contribution is 5.10. The van der Waals surface area contributed by atoms with Gasteiger partial charge in [0.2, 0.25) is 0 Å². The highest BCUT2D eigenvalue weighted by Gasteiger charge is 2.10. The van der Waals surface area contributed by atoms with Gasteiger partial charge in [-0.15, -0.1) is 0 Å². The standard InChI is InChI=1S/C30H50O/c1-24(2)13-9-15-26(5)17-11-18-28(7)21-22-30(23-31)29(8)20-12-19-27(6)16-10-14-25(3)4/h13-14,17,19,21,30-31H,8-12,15-16,18,20,22-23H2,1-7H3. The van der Waals surface area contributed by atoms with Gasteiger partial charge < -0.3 is 5.11 Å². The van der Waals surface area contributed by atoms with E-state index in [4.69, 9.17) is 0 Å². The van der Waals surface area contributed by atoms with Gasteiger partial charge in [0, 0.05) is 12.5 Å². The molecule has 0 heterocycles. The van der Waals surface area contributed by atoms with Crippen molar-refractivity contribution in [2.24, 2.45) is 5.92 Å². The van der Waals surface area contributed by atoms with Crippen LogP contribution >= 0.6 is 0 Å². The molecule has 0 aromatic carbocycles. The molecule has 0 amide bonds. The zero-order valence-corrected chi connectivity index (χ0v) is 21.7. The van der Waals surface area contributed by atoms with E-state index in [0.717, 1.165) is 57.8 Å². The van der Waals surface area contributed by atoms with Gasteiger partial charge in [0.1, 0.15) is 0 Å². The molecule has 1 unspecified atom stereocenters. The largest absolute Gasteiger partial charge is 0.396 e. The Hall–Kier alpha value is -1.60. The van der Waals surface area contributed by atoms with Crippen molar-refractivity contribution >= 4 is 0 Å². The lowest BCUT2D eigenvalue weighted by atomic mass is 9.92. The van der Waals surface area contributed by atoms with E-state index in [9.17, 15) is 5.11 Å². The Morgan fingerprint density at radius 1 is 0.613 bits per heavy atom. The van der Waals surface area contributed by atoms with E-state index in [1.165, 1.54) is 33.4 Å². The number of aliphatic hydroxyl groups is 1. The monoisotopic (exact) mass is 426 g/mol. The summed E-state index contributed by atoms with van der Waals surface area (Å²) in [5.41, 5.74) is 8.31. The highest BCUT2D eigenvalue weighted by Crippen LogP contribution is 2.21. The quantitative estimate of drug-likeness (QED) is 0.244. The molecule has 0 fully saturated rings. The summed E-state index contributed by atoms with van der Waals surface area (Å²) in [6.45, 7) is 19.7. The molecular formula is C30H50O. The summed E-state index contributed by atoms with van der Waals surface area (Å²) in [5.74, 6) is 0.177. The first kappa shape index (κ1) is 29.4. The van der Waals surface area contributed by atoms with Crippen LogP contribution in [0.2, 0.25) is 0 Å². The molecule has 31 heavy (non-hydrogen) atoms. The lowest BCUT2D eigenvalue weighted by molar-refractivity contribution is 0.245. The molecule has 0 aromatic rings. The molecule has 0 bridgehead atoms. The fraction of sp³-hybridized carbons (Fsp3) is 0.600. The second-order valence-electron chi connectivity index (χ2n) is 9.64. The van der Waals surface area contributed by atoms with Crippen molar-refractivity contribution in [2.45, 2.75) is 106 Å². The normalized spacial score (nSPS) is 13.7. The molecule has 0 radical (unpaired) electrons. The summed E-state index contributed by atoms with van der Waals surface area (Å²) < 4.78 is 0. The van der Waals surface area contributed by atoms with Gasteiger partial charge in [0.15, 0.2) is 0 Å². The van der Waals surface area contributed by atoms with Gasteiger partial charge in [-0.2, -0.15) is 0 Å². The van der Waals surface area contributed by atoms with Gasteiger partial charge in [0.05, 0.1) is 0 Å². The molecule has 0 aliphatic carbocycles. The van der Waals surface area contributed by atoms with Crippen LogP contribution in [0.1, 0.15) is 106 Å². The van der Waals surface area contributed by atoms with Gasteiger partial charge in [-0.05, 0) is 106 Å². The molecule has 176 valence electrons. The number of hydrogen-bond donors (Lipinski definition) is 1. The molecule has 1 nitrogen and oxygen atoms in total. The van der Waals surface area contributed by atoms with E-state index < -0.39 is 0 Å². The van der Waals surface area contributed by atoms with Crippen LogP contribution < -0.4 is 0 Å². The molecule has 0 aromatic heterocycles. The van der Waals surface area contributed by atoms with Crippen molar-refractivity contribution in [3.8, 4) is 0 Å². The van der Waals surface area contributed by atoms with Crippen LogP contribution in [0, 0.1) is 5.92 Å². The van der Waals surface area contributed by atoms with Crippen molar-refractivity contribution in [1.29, 1.82) is 0 Å². The minimum atomic E-state index is 0.177. The minimum absolute atomic E-state index is 0.177. The van der Waals surface area contributed by atoms with E-state index in [0.29, 0.717) is 0 Å². The Morgan fingerprint density at radius 2 is 1.00 bits per heavy atom. The molecule has 0 spiro atoms. The molecule has 1 atom stereocenters. The smallest absolute Gasteiger partial charge is 0.0499 e. The Kier molecular flexibility index (Phi) is 17.1. The van der Waals surface area contributed by atoms with E-state index in [2.05, 4.69) is 85.4 Å². The SMILES string of the molecule is C=C(CCC=C(C)CCC=C(C)C)C(CO)CC=C(C)CCC=C(C)CCC=C(C)C. The number of allylic oxidation sites excluding steroid dienone is 10. The third kappa shape index (κ3) is 17.7. The van der Waals surface area contributed by atoms with Gasteiger partial charge in [0.25, 0.3) is 0 Å². The van der Waals surface area contributed by atoms with Gasteiger partial charge >= 0.3 is 0 Å². The van der Waals surface area contributed by atoms with E-state index >= 15 is 0 Å². The third-order valence-electron chi connectivity index (χ3n) is 5.72. The Labute approximate surface area is 194 Å². The molecule has 0 aliphatic rings. The average molecular weight is 427 g/mol. The maximum Gasteiger partial charge on any atom is 0.0499 e. The number of aliphatic hydroxyl groups excluding tert-OH is 1. The zero-order chi connectivity index (χ0) is 23.6. The van der Waals surface area contributed by atoms with Crippen LogP contribution in [0.4, 0.5) is 0 Å². The van der Waals surface area contributed by atoms with Crippen LogP contribution in [0.25, 0.3) is 0 Å². The van der Waals surface area contributed by atoms with Crippen molar-refractivity contribution in [3.05, 3.63) is 70.4 Å². The topological polar surface area (TPSA) is 20.2 Å². The average Bonchev–Trinajstić information content (AvgIpc) is 2.67. The summed E-state index contributed by atoms with van der Waals surface area (Å²) in [6.07, 6.45) is 21.3. The van der Waals surface area contributed by atoms with Crippen LogP contribution in [-0.2, 0) is 0 Å². The fourth-order valence-corrected chi connectivity index (χ4v) is 3.45. The predicted octanol–water partition coefficient (Wildman–Crippen LogP) is 9.43. The van der Waals surface area contributed by atoms with E-state index in [1.54, 1.807) is 0 Å². The second-order valence-corrected chi connectivity index (χ2v) is 9.64. The summed E-state index contributed by atoms with van der Waals surface area (Å²) >= 11 is 0. The fourth-order valence-electron chi connectivity index (χ4n) is 3.45. The highest BCUT2D eigenvalue weighted by atomic mass is 16.3. The molecule has 0 saturated carbocycles. The maximum absolute atomic E-state index is 9.83. The molecule has 0 saturated heterocycles. The lowest BCUT2D eigenvalue weighted by Crippen LogP contribution is -2.08. The van der Waals surface area contributed by atoms with Crippen molar-refractivity contribution < 1.29 is 5.11 Å². The summed E-state index contributed by atoms with van der Waals surface area (Å²) in [4.78, 5) is 0. The van der Waals surface area contributed by atoms with Crippen molar-refractivity contribution in [3.63, 3.8) is 0 Å². The van der Waals surface area contributed by atoms with E-state index in [-0.39, 0.29) is 12.5 Å². The van der Waals surface area contributed by atoms with Gasteiger partial charge in [-0.3, -0.25) is 0 Å². The first-order valence-corrected chi connectivity index (χ1v) is 12.2. The van der Waals surface area contributed by atoms with Crippen LogP contribution in [0.5, 0.6) is 0 Å². The van der Waals surface area contributed by atoms with Crippen LogP contribution in [-0.4, -0.2) is 11.7 Å². The number of rotatable bonds is 16. The first-order valence-electron chi connectivity index (χ1n) is 12.2. The second kappa shape index (κ2) is 18.0. The Bertz CT molecular complexity index is 659. The maximum atomic E-state index is 9.83. The van der Waals surface area contributed by atoms with Gasteiger partial charge in [-0.25, -0.2) is 0 Å². The predicted molar refractivity (Wildman–Crippen MR) is 141 cm³/mol. The van der Waals surface area contributed by atoms with E-state index in [1.807, 2.05) is 0 Å². The third-order valence-corrected chi connectivity index (χ3v) is 5.72. The first-order chi connectivity index (χ1) is 14.6.